The van der Waals surface area contributed by atoms with E-state index < -0.39 is 0 Å². The Balaban J connectivity index is 1.55. The van der Waals surface area contributed by atoms with E-state index in [2.05, 4.69) is 10.3 Å². The molecule has 0 atom stereocenters. The number of nitrogens with zero attached hydrogens (tertiary/aromatic N) is 1. The van der Waals surface area contributed by atoms with Crippen LogP contribution in [-0.4, -0.2) is 24.6 Å². The Bertz CT molecular complexity index is 981. The Morgan fingerprint density at radius 3 is 3.00 bits per heavy atom. The molecule has 0 bridgehead atoms. The number of aryl methyl sites for hydroxylation is 1. The van der Waals surface area contributed by atoms with E-state index in [1.54, 1.807) is 13.2 Å². The van der Waals surface area contributed by atoms with Crippen LogP contribution in [-0.2, 0) is 6.42 Å². The third kappa shape index (κ3) is 3.15. The number of ether oxygens (including phenoxy) is 2. The van der Waals surface area contributed by atoms with Crippen molar-refractivity contribution in [2.24, 2.45) is 0 Å². The van der Waals surface area contributed by atoms with Crippen LogP contribution in [0, 0.1) is 6.92 Å². The summed E-state index contributed by atoms with van der Waals surface area (Å²) < 4.78 is 10.9. The van der Waals surface area contributed by atoms with Crippen molar-refractivity contribution >= 4 is 22.4 Å². The van der Waals surface area contributed by atoms with Crippen molar-refractivity contribution in [1.29, 1.82) is 0 Å². The van der Waals surface area contributed by atoms with Crippen LogP contribution in [0.4, 0.5) is 5.13 Å². The first-order valence-electron chi connectivity index (χ1n) is 8.31. The molecular weight excluding hydrogens is 348 g/mol. The van der Waals surface area contributed by atoms with Crippen molar-refractivity contribution < 1.29 is 14.3 Å². The molecule has 132 valence electrons. The van der Waals surface area contributed by atoms with Crippen LogP contribution in [0.15, 0.2) is 41.8 Å². The predicted octanol–water partition coefficient (Wildman–Crippen LogP) is 4.31. The number of nitrogens with one attached hydrogen (secondary N) is 1. The number of aromatic nitrogens is 1. The molecule has 0 saturated heterocycles. The molecule has 0 fully saturated rings. The van der Waals surface area contributed by atoms with E-state index in [9.17, 15) is 4.79 Å². The highest BCUT2D eigenvalue weighted by atomic mass is 32.1. The summed E-state index contributed by atoms with van der Waals surface area (Å²) in [7, 11) is 1.64. The molecule has 3 aromatic rings. The summed E-state index contributed by atoms with van der Waals surface area (Å²) in [5.74, 6) is 1.46. The van der Waals surface area contributed by atoms with Crippen LogP contribution in [0.5, 0.6) is 11.5 Å². The fraction of sp³-hybridized carbons (Fsp3) is 0.200. The number of fused-ring (bicyclic) bond motifs is 1. The number of anilines is 1. The van der Waals surface area contributed by atoms with Gasteiger partial charge in [0.1, 0.15) is 11.5 Å². The standard InChI is InChI=1S/C20H18N2O3S/c1-12-3-5-18(24-2)15(9-12)16-11-26-20(21-16)22-19(23)14-4-6-17-13(10-14)7-8-25-17/h3-6,9-11H,7-8H2,1-2H3,(H,21,22,23). The van der Waals surface area contributed by atoms with Crippen LogP contribution in [0.1, 0.15) is 21.5 Å². The number of thiazole rings is 1. The van der Waals surface area contributed by atoms with Crippen LogP contribution in [0.25, 0.3) is 11.3 Å². The van der Waals surface area contributed by atoms with Crippen LogP contribution in [0.2, 0.25) is 0 Å². The van der Waals surface area contributed by atoms with Gasteiger partial charge in [0, 0.05) is 22.9 Å². The van der Waals surface area contributed by atoms with Crippen molar-refractivity contribution in [2.75, 3.05) is 19.0 Å². The normalized spacial score (nSPS) is 12.4. The lowest BCUT2D eigenvalue weighted by Gasteiger charge is -2.07. The zero-order valence-corrected chi connectivity index (χ0v) is 15.4. The van der Waals surface area contributed by atoms with Gasteiger partial charge in [0.05, 0.1) is 19.4 Å². The minimum absolute atomic E-state index is 0.170. The van der Waals surface area contributed by atoms with Gasteiger partial charge in [-0.15, -0.1) is 11.3 Å². The van der Waals surface area contributed by atoms with E-state index in [0.29, 0.717) is 17.3 Å². The Labute approximate surface area is 155 Å². The molecule has 2 aromatic carbocycles. The first kappa shape index (κ1) is 16.6. The van der Waals surface area contributed by atoms with Crippen LogP contribution >= 0.6 is 11.3 Å². The number of hydrogen-bond acceptors (Lipinski definition) is 5. The highest BCUT2D eigenvalue weighted by Crippen LogP contribution is 2.33. The summed E-state index contributed by atoms with van der Waals surface area (Å²) in [5.41, 5.74) is 4.51. The summed E-state index contributed by atoms with van der Waals surface area (Å²) in [6.07, 6.45) is 0.838. The average molecular weight is 366 g/mol. The Morgan fingerprint density at radius 2 is 2.15 bits per heavy atom. The van der Waals surface area contributed by atoms with Gasteiger partial charge in [0.25, 0.3) is 5.91 Å². The van der Waals surface area contributed by atoms with Crippen molar-refractivity contribution in [3.8, 4) is 22.8 Å². The molecule has 1 aliphatic heterocycles. The largest absolute Gasteiger partial charge is 0.496 e. The molecule has 6 heteroatoms. The second-order valence-corrected chi connectivity index (χ2v) is 6.97. The zero-order valence-electron chi connectivity index (χ0n) is 14.5. The van der Waals surface area contributed by atoms with Crippen LogP contribution in [0.3, 0.4) is 0 Å². The number of amides is 1. The van der Waals surface area contributed by atoms with E-state index in [0.717, 1.165) is 40.3 Å². The smallest absolute Gasteiger partial charge is 0.257 e. The monoisotopic (exact) mass is 366 g/mol. The van der Waals surface area contributed by atoms with Gasteiger partial charge in [-0.3, -0.25) is 10.1 Å². The van der Waals surface area contributed by atoms with Gasteiger partial charge in [-0.05, 0) is 42.8 Å². The highest BCUT2D eigenvalue weighted by molar-refractivity contribution is 7.14. The minimum atomic E-state index is -0.170. The first-order valence-corrected chi connectivity index (χ1v) is 9.19. The molecule has 5 nitrogen and oxygen atoms in total. The lowest BCUT2D eigenvalue weighted by molar-refractivity contribution is 0.102. The maximum atomic E-state index is 12.5. The fourth-order valence-corrected chi connectivity index (χ4v) is 3.68. The second kappa shape index (κ2) is 6.80. The quantitative estimate of drug-likeness (QED) is 0.747. The minimum Gasteiger partial charge on any atom is -0.496 e. The maximum Gasteiger partial charge on any atom is 0.257 e. The Hall–Kier alpha value is -2.86. The van der Waals surface area contributed by atoms with Gasteiger partial charge in [-0.1, -0.05) is 11.6 Å². The molecular formula is C20H18N2O3S. The summed E-state index contributed by atoms with van der Waals surface area (Å²) in [5, 5.41) is 5.36. The number of carbonyl (C=O) groups excluding carboxylic acids is 1. The van der Waals surface area contributed by atoms with Gasteiger partial charge in [0.2, 0.25) is 0 Å². The SMILES string of the molecule is COc1ccc(C)cc1-c1csc(NC(=O)c2ccc3c(c2)CCO3)n1. The molecule has 1 aliphatic rings. The molecule has 0 unspecified atom stereocenters. The van der Waals surface area contributed by atoms with E-state index in [1.807, 2.05) is 42.6 Å². The van der Waals surface area contributed by atoms with Gasteiger partial charge < -0.3 is 9.47 Å². The topological polar surface area (TPSA) is 60.5 Å². The van der Waals surface area contributed by atoms with E-state index in [4.69, 9.17) is 9.47 Å². The van der Waals surface area contributed by atoms with Crippen molar-refractivity contribution in [3.05, 3.63) is 58.5 Å². The third-order valence-corrected chi connectivity index (χ3v) is 5.06. The molecule has 0 spiro atoms. The Kier molecular flexibility index (Phi) is 4.34. The number of benzene rings is 2. The number of hydrogen-bond donors (Lipinski definition) is 1. The zero-order chi connectivity index (χ0) is 18.1. The van der Waals surface area contributed by atoms with Gasteiger partial charge >= 0.3 is 0 Å². The van der Waals surface area contributed by atoms with Crippen molar-refractivity contribution in [2.45, 2.75) is 13.3 Å². The molecule has 0 radical (unpaired) electrons. The van der Waals surface area contributed by atoms with E-state index in [-0.39, 0.29) is 5.91 Å². The number of rotatable bonds is 4. The second-order valence-electron chi connectivity index (χ2n) is 6.12. The average Bonchev–Trinajstić information content (AvgIpc) is 3.30. The molecule has 1 amide bonds. The summed E-state index contributed by atoms with van der Waals surface area (Å²) >= 11 is 1.39. The number of methoxy groups -OCH3 is 1. The molecule has 26 heavy (non-hydrogen) atoms. The molecule has 1 aromatic heterocycles. The predicted molar refractivity (Wildman–Crippen MR) is 102 cm³/mol. The molecule has 0 aliphatic carbocycles. The molecule has 1 N–H and O–H groups in total. The van der Waals surface area contributed by atoms with Gasteiger partial charge in [-0.2, -0.15) is 0 Å². The van der Waals surface area contributed by atoms with E-state index in [1.165, 1.54) is 11.3 Å². The molecule has 0 saturated carbocycles. The highest BCUT2D eigenvalue weighted by Gasteiger charge is 2.16. The van der Waals surface area contributed by atoms with Gasteiger partial charge in [-0.25, -0.2) is 4.98 Å². The lowest BCUT2D eigenvalue weighted by Crippen LogP contribution is -2.11. The fourth-order valence-electron chi connectivity index (χ4n) is 2.97. The first-order chi connectivity index (χ1) is 12.6. The van der Waals surface area contributed by atoms with Gasteiger partial charge in [0.15, 0.2) is 5.13 Å². The van der Waals surface area contributed by atoms with Crippen LogP contribution < -0.4 is 14.8 Å². The number of carbonyl (C=O) groups is 1. The molecule has 2 heterocycles. The molecule has 4 rings (SSSR count). The Morgan fingerprint density at radius 1 is 1.27 bits per heavy atom. The summed E-state index contributed by atoms with van der Waals surface area (Å²) in [6.45, 7) is 2.70. The summed E-state index contributed by atoms with van der Waals surface area (Å²) in [6, 6.07) is 11.5. The lowest BCUT2D eigenvalue weighted by atomic mass is 10.1. The van der Waals surface area contributed by atoms with Crippen molar-refractivity contribution in [1.82, 2.24) is 4.98 Å². The van der Waals surface area contributed by atoms with Crippen molar-refractivity contribution in [3.63, 3.8) is 0 Å². The van der Waals surface area contributed by atoms with E-state index >= 15 is 0 Å². The third-order valence-electron chi connectivity index (χ3n) is 4.31. The summed E-state index contributed by atoms with van der Waals surface area (Å²) in [4.78, 5) is 17.1. The maximum absolute atomic E-state index is 12.5.